The Morgan fingerprint density at radius 1 is 1.07 bits per heavy atom. The number of carbonyl (C=O) groups is 1. The molecule has 3 saturated heterocycles. The van der Waals surface area contributed by atoms with E-state index in [9.17, 15) is 4.79 Å². The molecule has 3 aliphatic rings. The molecule has 1 amide bonds. The Kier molecular flexibility index (Phi) is 7.32. The average Bonchev–Trinajstić information content (AvgIpc) is 3.23. The van der Waals surface area contributed by atoms with Crippen LogP contribution in [0, 0.1) is 23.7 Å². The number of hydrogen-bond acceptors (Lipinski definition) is 4. The van der Waals surface area contributed by atoms with Crippen LogP contribution in [-0.4, -0.2) is 67.7 Å². The Bertz CT molecular complexity index is 666. The number of piperidine rings is 1. The first-order chi connectivity index (χ1) is 14.6. The summed E-state index contributed by atoms with van der Waals surface area (Å²) in [6.45, 7) is 10.7. The van der Waals surface area contributed by atoms with Gasteiger partial charge in [-0.25, -0.2) is 0 Å². The lowest BCUT2D eigenvalue weighted by molar-refractivity contribution is -0.136. The first-order valence-corrected chi connectivity index (χ1v) is 11.9. The van der Waals surface area contributed by atoms with Crippen molar-refractivity contribution in [2.24, 2.45) is 23.7 Å². The zero-order valence-corrected chi connectivity index (χ0v) is 18.7. The molecule has 0 bridgehead atoms. The monoisotopic (exact) mass is 414 g/mol. The van der Waals surface area contributed by atoms with Gasteiger partial charge in [-0.2, -0.15) is 0 Å². The Morgan fingerprint density at radius 2 is 1.77 bits per heavy atom. The fourth-order valence-electron chi connectivity index (χ4n) is 5.62. The van der Waals surface area contributed by atoms with Crippen LogP contribution in [-0.2, 0) is 9.53 Å². The van der Waals surface area contributed by atoms with Crippen molar-refractivity contribution in [1.82, 2.24) is 9.80 Å². The Labute approximate surface area is 181 Å². The van der Waals surface area contributed by atoms with E-state index >= 15 is 0 Å². The maximum absolute atomic E-state index is 12.4. The third-order valence-corrected chi connectivity index (χ3v) is 7.39. The third-order valence-electron chi connectivity index (χ3n) is 7.39. The summed E-state index contributed by atoms with van der Waals surface area (Å²) in [5.41, 5.74) is 0. The zero-order valence-electron chi connectivity index (χ0n) is 18.7. The van der Waals surface area contributed by atoms with E-state index in [-0.39, 0.29) is 5.92 Å². The van der Waals surface area contributed by atoms with Gasteiger partial charge in [0.25, 0.3) is 0 Å². The maximum atomic E-state index is 12.4. The van der Waals surface area contributed by atoms with Crippen LogP contribution in [0.25, 0.3) is 0 Å². The summed E-state index contributed by atoms with van der Waals surface area (Å²) in [7, 11) is 0. The molecular formula is C25H38N2O3. The van der Waals surface area contributed by atoms with Crippen LogP contribution in [0.3, 0.4) is 0 Å². The number of carbonyl (C=O) groups excluding carboxylic acids is 1. The number of ether oxygens (including phenoxy) is 2. The Balaban J connectivity index is 1.39. The zero-order chi connectivity index (χ0) is 20.9. The van der Waals surface area contributed by atoms with Gasteiger partial charge in [-0.15, -0.1) is 0 Å². The molecule has 5 heteroatoms. The number of nitrogens with zero attached hydrogens (tertiary/aromatic N) is 2. The van der Waals surface area contributed by atoms with Crippen LogP contribution in [0.1, 0.15) is 39.5 Å². The number of amides is 1. The second-order valence-corrected chi connectivity index (χ2v) is 9.66. The molecule has 0 spiro atoms. The fourth-order valence-corrected chi connectivity index (χ4v) is 5.62. The average molecular weight is 415 g/mol. The minimum absolute atomic E-state index is 0.101. The molecule has 1 aromatic rings. The number of benzene rings is 1. The number of rotatable bonds is 6. The highest BCUT2D eigenvalue weighted by Crippen LogP contribution is 2.38. The summed E-state index contributed by atoms with van der Waals surface area (Å²) in [6, 6.07) is 10.9. The molecule has 4 rings (SSSR count). The molecule has 166 valence electrons. The van der Waals surface area contributed by atoms with Crippen molar-refractivity contribution in [3.8, 4) is 5.75 Å². The van der Waals surface area contributed by atoms with Gasteiger partial charge in [0.05, 0.1) is 6.61 Å². The van der Waals surface area contributed by atoms with Crippen molar-refractivity contribution in [2.45, 2.75) is 45.6 Å². The molecule has 1 aromatic carbocycles. The first kappa shape index (κ1) is 21.6. The molecule has 3 fully saturated rings. The highest BCUT2D eigenvalue weighted by Gasteiger charge is 2.42. The fraction of sp³-hybridized carbons (Fsp3) is 0.720. The van der Waals surface area contributed by atoms with Gasteiger partial charge in [-0.05, 0) is 49.7 Å². The van der Waals surface area contributed by atoms with Gasteiger partial charge in [-0.1, -0.05) is 32.0 Å². The van der Waals surface area contributed by atoms with Crippen LogP contribution in [0.15, 0.2) is 30.3 Å². The van der Waals surface area contributed by atoms with E-state index in [4.69, 9.17) is 9.47 Å². The molecule has 0 aliphatic carbocycles. The molecule has 0 saturated carbocycles. The van der Waals surface area contributed by atoms with Gasteiger partial charge >= 0.3 is 0 Å². The van der Waals surface area contributed by atoms with Crippen molar-refractivity contribution >= 4 is 5.91 Å². The SMILES string of the molecule is CC(C)C(=O)N1CCC([C@@H]2CN(C3CCOCC3)C[C@H]2COc2ccccc2)CC1. The first-order valence-electron chi connectivity index (χ1n) is 11.9. The number of para-hydroxylation sites is 1. The number of likely N-dealkylation sites (tertiary alicyclic amines) is 2. The van der Waals surface area contributed by atoms with E-state index in [1.165, 1.54) is 6.54 Å². The van der Waals surface area contributed by atoms with E-state index in [2.05, 4.69) is 21.9 Å². The second kappa shape index (κ2) is 10.1. The normalized spacial score (nSPS) is 27.0. The summed E-state index contributed by atoms with van der Waals surface area (Å²) in [5.74, 6) is 3.29. The Morgan fingerprint density at radius 3 is 2.43 bits per heavy atom. The van der Waals surface area contributed by atoms with Crippen LogP contribution in [0.2, 0.25) is 0 Å². The lowest BCUT2D eigenvalue weighted by Gasteiger charge is -2.37. The molecule has 30 heavy (non-hydrogen) atoms. The quantitative estimate of drug-likeness (QED) is 0.712. The molecule has 0 N–H and O–H groups in total. The molecule has 0 radical (unpaired) electrons. The molecule has 3 aliphatic heterocycles. The molecular weight excluding hydrogens is 376 g/mol. The summed E-state index contributed by atoms with van der Waals surface area (Å²) in [4.78, 5) is 17.2. The lowest BCUT2D eigenvalue weighted by atomic mass is 9.78. The summed E-state index contributed by atoms with van der Waals surface area (Å²) >= 11 is 0. The van der Waals surface area contributed by atoms with E-state index < -0.39 is 0 Å². The van der Waals surface area contributed by atoms with Crippen molar-refractivity contribution in [1.29, 1.82) is 0 Å². The molecule has 0 aromatic heterocycles. The van der Waals surface area contributed by atoms with Crippen molar-refractivity contribution in [2.75, 3.05) is 46.0 Å². The minimum Gasteiger partial charge on any atom is -0.493 e. The van der Waals surface area contributed by atoms with Gasteiger partial charge in [0.2, 0.25) is 5.91 Å². The standard InChI is InChI=1S/C25H38N2O3/c1-19(2)25(28)26-12-8-20(9-13-26)24-17-27(22-10-14-29-15-11-22)16-21(24)18-30-23-6-4-3-5-7-23/h3-7,19-22,24H,8-18H2,1-2H3/t21-,24-/m0/s1. The second-order valence-electron chi connectivity index (χ2n) is 9.66. The van der Waals surface area contributed by atoms with E-state index in [0.29, 0.717) is 29.7 Å². The van der Waals surface area contributed by atoms with Crippen LogP contribution < -0.4 is 4.74 Å². The molecule has 3 heterocycles. The highest BCUT2D eigenvalue weighted by molar-refractivity contribution is 5.78. The summed E-state index contributed by atoms with van der Waals surface area (Å²) < 4.78 is 11.8. The van der Waals surface area contributed by atoms with Crippen molar-refractivity contribution in [3.05, 3.63) is 30.3 Å². The highest BCUT2D eigenvalue weighted by atomic mass is 16.5. The third kappa shape index (κ3) is 5.17. The van der Waals surface area contributed by atoms with Crippen LogP contribution in [0.5, 0.6) is 5.75 Å². The van der Waals surface area contributed by atoms with Crippen molar-refractivity contribution < 1.29 is 14.3 Å². The van der Waals surface area contributed by atoms with Gasteiger partial charge in [0.1, 0.15) is 5.75 Å². The van der Waals surface area contributed by atoms with E-state index in [1.807, 2.05) is 32.0 Å². The van der Waals surface area contributed by atoms with Gasteiger partial charge in [0, 0.05) is 57.3 Å². The largest absolute Gasteiger partial charge is 0.493 e. The lowest BCUT2D eigenvalue weighted by Crippen LogP contribution is -2.43. The topological polar surface area (TPSA) is 42.0 Å². The summed E-state index contributed by atoms with van der Waals surface area (Å²) in [6.07, 6.45) is 4.57. The van der Waals surface area contributed by atoms with Gasteiger partial charge in [0.15, 0.2) is 0 Å². The molecule has 5 nitrogen and oxygen atoms in total. The predicted octanol–water partition coefficient (Wildman–Crippen LogP) is 3.69. The smallest absolute Gasteiger partial charge is 0.225 e. The molecule has 0 unspecified atom stereocenters. The predicted molar refractivity (Wildman–Crippen MR) is 118 cm³/mol. The van der Waals surface area contributed by atoms with E-state index in [0.717, 1.165) is 70.9 Å². The van der Waals surface area contributed by atoms with Crippen LogP contribution in [0.4, 0.5) is 0 Å². The van der Waals surface area contributed by atoms with Crippen LogP contribution >= 0.6 is 0 Å². The minimum atomic E-state index is 0.101. The van der Waals surface area contributed by atoms with Gasteiger partial charge in [-0.3, -0.25) is 9.69 Å². The Hall–Kier alpha value is -1.59. The van der Waals surface area contributed by atoms with Crippen molar-refractivity contribution in [3.63, 3.8) is 0 Å². The van der Waals surface area contributed by atoms with Gasteiger partial charge < -0.3 is 14.4 Å². The maximum Gasteiger partial charge on any atom is 0.225 e. The summed E-state index contributed by atoms with van der Waals surface area (Å²) in [5, 5.41) is 0. The van der Waals surface area contributed by atoms with E-state index in [1.54, 1.807) is 0 Å². The molecule has 2 atom stereocenters. The number of hydrogen-bond donors (Lipinski definition) is 0.